The minimum absolute atomic E-state index is 0.749. The Morgan fingerprint density at radius 1 is 1.05 bits per heavy atom. The number of anilines is 1. The number of nitrogens with zero attached hydrogens (tertiary/aromatic N) is 3. The number of aromatic nitrogens is 3. The van der Waals surface area contributed by atoms with Crippen molar-refractivity contribution in [3.63, 3.8) is 0 Å². The second-order valence-electron chi connectivity index (χ2n) is 4.76. The van der Waals surface area contributed by atoms with Crippen molar-refractivity contribution in [3.8, 4) is 10.7 Å². The first-order chi connectivity index (χ1) is 9.60. The molecule has 1 N–H and O–H groups in total. The molecule has 5 heteroatoms. The second kappa shape index (κ2) is 4.83. The Labute approximate surface area is 121 Å². The highest BCUT2D eigenvalue weighted by atomic mass is 32.1. The normalized spacial score (nSPS) is 11.0. The predicted octanol–water partition coefficient (Wildman–Crippen LogP) is 3.72. The molecule has 0 radical (unpaired) electrons. The maximum absolute atomic E-state index is 4.75. The lowest BCUT2D eigenvalue weighted by Gasteiger charge is -2.09. The van der Waals surface area contributed by atoms with Gasteiger partial charge in [-0.25, -0.2) is 15.0 Å². The Morgan fingerprint density at radius 3 is 2.50 bits per heavy atom. The van der Waals surface area contributed by atoms with E-state index in [9.17, 15) is 0 Å². The lowest BCUT2D eigenvalue weighted by atomic mass is 10.1. The molecule has 2 aromatic heterocycles. The van der Waals surface area contributed by atoms with Crippen LogP contribution in [0.5, 0.6) is 0 Å². The summed E-state index contributed by atoms with van der Waals surface area (Å²) in [5.74, 6) is 1.61. The van der Waals surface area contributed by atoms with E-state index < -0.39 is 0 Å². The summed E-state index contributed by atoms with van der Waals surface area (Å²) >= 11 is 1.64. The van der Waals surface area contributed by atoms with Gasteiger partial charge in [-0.1, -0.05) is 12.1 Å². The van der Waals surface area contributed by atoms with Gasteiger partial charge in [0.15, 0.2) is 5.82 Å². The molecule has 4 nitrogen and oxygen atoms in total. The third-order valence-electron chi connectivity index (χ3n) is 3.27. The van der Waals surface area contributed by atoms with Crippen molar-refractivity contribution in [1.82, 2.24) is 15.0 Å². The van der Waals surface area contributed by atoms with Crippen LogP contribution in [0.3, 0.4) is 0 Å². The van der Waals surface area contributed by atoms with Gasteiger partial charge in [-0.2, -0.15) is 0 Å². The molecular formula is C15H16N4S. The Morgan fingerprint density at radius 2 is 1.85 bits per heavy atom. The third kappa shape index (κ3) is 2.04. The molecule has 0 aliphatic carbocycles. The number of para-hydroxylation sites is 1. The van der Waals surface area contributed by atoms with Crippen LogP contribution in [-0.2, 0) is 0 Å². The van der Waals surface area contributed by atoms with E-state index in [1.54, 1.807) is 11.3 Å². The smallest absolute Gasteiger partial charge is 0.174 e. The van der Waals surface area contributed by atoms with Gasteiger partial charge in [0.1, 0.15) is 5.82 Å². The summed E-state index contributed by atoms with van der Waals surface area (Å²) in [5, 5.41) is 5.26. The fraction of sp³-hybridized carbons (Fsp3) is 0.267. The van der Waals surface area contributed by atoms with Gasteiger partial charge in [0.05, 0.1) is 21.1 Å². The minimum atomic E-state index is 0.749. The van der Waals surface area contributed by atoms with Crippen LogP contribution in [0, 0.1) is 20.8 Å². The van der Waals surface area contributed by atoms with E-state index in [0.717, 1.165) is 43.7 Å². The first-order valence-electron chi connectivity index (χ1n) is 6.49. The van der Waals surface area contributed by atoms with Crippen molar-refractivity contribution in [2.24, 2.45) is 0 Å². The zero-order valence-corrected chi connectivity index (χ0v) is 12.8. The highest BCUT2D eigenvalue weighted by Crippen LogP contribution is 2.31. The fourth-order valence-electron chi connectivity index (χ4n) is 2.33. The van der Waals surface area contributed by atoms with Gasteiger partial charge in [0.25, 0.3) is 0 Å². The standard InChI is InChI=1S/C15H16N4S/c1-8-6-5-7-11-12(8)18-15(19-14(11)16-4)13-9(2)17-10(3)20-13/h5-7H,1-4H3,(H,16,18,19). The summed E-state index contributed by atoms with van der Waals surface area (Å²) in [6.45, 7) is 6.08. The summed E-state index contributed by atoms with van der Waals surface area (Å²) in [6.07, 6.45) is 0. The minimum Gasteiger partial charge on any atom is -0.373 e. The highest BCUT2D eigenvalue weighted by Gasteiger charge is 2.14. The Balaban J connectivity index is 2.32. The molecule has 0 spiro atoms. The van der Waals surface area contributed by atoms with Gasteiger partial charge in [0.2, 0.25) is 0 Å². The van der Waals surface area contributed by atoms with Crippen LogP contribution in [0.2, 0.25) is 0 Å². The highest BCUT2D eigenvalue weighted by molar-refractivity contribution is 7.15. The molecule has 3 aromatic rings. The van der Waals surface area contributed by atoms with Crippen LogP contribution in [0.25, 0.3) is 21.6 Å². The molecule has 0 saturated carbocycles. The van der Waals surface area contributed by atoms with Crippen LogP contribution in [-0.4, -0.2) is 22.0 Å². The van der Waals surface area contributed by atoms with Crippen LogP contribution in [0.4, 0.5) is 5.82 Å². The molecule has 0 unspecified atom stereocenters. The van der Waals surface area contributed by atoms with Crippen molar-refractivity contribution < 1.29 is 0 Å². The Hall–Kier alpha value is -2.01. The largest absolute Gasteiger partial charge is 0.373 e. The monoisotopic (exact) mass is 284 g/mol. The van der Waals surface area contributed by atoms with Crippen LogP contribution >= 0.6 is 11.3 Å². The number of fused-ring (bicyclic) bond motifs is 1. The number of rotatable bonds is 2. The second-order valence-corrected chi connectivity index (χ2v) is 5.97. The van der Waals surface area contributed by atoms with Crippen molar-refractivity contribution in [3.05, 3.63) is 34.5 Å². The summed E-state index contributed by atoms with van der Waals surface area (Å²) in [4.78, 5) is 14.9. The van der Waals surface area contributed by atoms with E-state index in [1.807, 2.05) is 33.0 Å². The molecule has 0 saturated heterocycles. The van der Waals surface area contributed by atoms with Crippen molar-refractivity contribution in [2.75, 3.05) is 12.4 Å². The first-order valence-corrected chi connectivity index (χ1v) is 7.31. The number of aryl methyl sites for hydroxylation is 3. The Kier molecular flexibility index (Phi) is 3.14. The zero-order valence-electron chi connectivity index (χ0n) is 12.0. The van der Waals surface area contributed by atoms with Gasteiger partial charge in [-0.15, -0.1) is 11.3 Å². The molecule has 20 heavy (non-hydrogen) atoms. The number of thiazole rings is 1. The average molecular weight is 284 g/mol. The van der Waals surface area contributed by atoms with E-state index in [4.69, 9.17) is 4.98 Å². The molecule has 0 aliphatic rings. The van der Waals surface area contributed by atoms with Crippen molar-refractivity contribution >= 4 is 28.1 Å². The summed E-state index contributed by atoms with van der Waals surface area (Å²) in [7, 11) is 1.89. The van der Waals surface area contributed by atoms with E-state index in [0.29, 0.717) is 0 Å². The molecule has 0 atom stereocenters. The van der Waals surface area contributed by atoms with Crippen LogP contribution in [0.1, 0.15) is 16.3 Å². The van der Waals surface area contributed by atoms with Gasteiger partial charge in [-0.05, 0) is 32.4 Å². The van der Waals surface area contributed by atoms with Crippen molar-refractivity contribution in [1.29, 1.82) is 0 Å². The molecule has 0 aliphatic heterocycles. The van der Waals surface area contributed by atoms with Crippen molar-refractivity contribution in [2.45, 2.75) is 20.8 Å². The number of benzene rings is 1. The average Bonchev–Trinajstić information content (AvgIpc) is 2.77. The fourth-order valence-corrected chi connectivity index (χ4v) is 3.18. The van der Waals surface area contributed by atoms with Crippen LogP contribution < -0.4 is 5.32 Å². The SMILES string of the molecule is CNc1nc(-c2sc(C)nc2C)nc2c(C)cccc12. The first kappa shape index (κ1) is 13.0. The molecular weight excluding hydrogens is 268 g/mol. The van der Waals surface area contributed by atoms with Crippen LogP contribution in [0.15, 0.2) is 18.2 Å². The van der Waals surface area contributed by atoms with E-state index in [-0.39, 0.29) is 0 Å². The van der Waals surface area contributed by atoms with E-state index >= 15 is 0 Å². The molecule has 1 aromatic carbocycles. The summed E-state index contributed by atoms with van der Waals surface area (Å²) in [5.41, 5.74) is 3.14. The third-order valence-corrected chi connectivity index (χ3v) is 4.34. The number of hydrogen-bond donors (Lipinski definition) is 1. The van der Waals surface area contributed by atoms with Gasteiger partial charge in [-0.3, -0.25) is 0 Å². The number of hydrogen-bond acceptors (Lipinski definition) is 5. The van der Waals surface area contributed by atoms with Gasteiger partial charge < -0.3 is 5.32 Å². The van der Waals surface area contributed by atoms with E-state index in [2.05, 4.69) is 28.3 Å². The molecule has 0 amide bonds. The Bertz CT molecular complexity index is 792. The lowest BCUT2D eigenvalue weighted by Crippen LogP contribution is -1.99. The molecule has 0 fully saturated rings. The molecule has 102 valence electrons. The predicted molar refractivity (Wildman–Crippen MR) is 84.4 cm³/mol. The zero-order chi connectivity index (χ0) is 14.3. The van der Waals surface area contributed by atoms with Gasteiger partial charge in [0, 0.05) is 12.4 Å². The van der Waals surface area contributed by atoms with E-state index in [1.165, 1.54) is 0 Å². The topological polar surface area (TPSA) is 50.7 Å². The van der Waals surface area contributed by atoms with Gasteiger partial charge >= 0.3 is 0 Å². The molecule has 2 heterocycles. The maximum atomic E-state index is 4.75. The summed E-state index contributed by atoms with van der Waals surface area (Å²) in [6, 6.07) is 6.15. The lowest BCUT2D eigenvalue weighted by molar-refractivity contribution is 1.17. The summed E-state index contributed by atoms with van der Waals surface area (Å²) < 4.78 is 0. The quantitative estimate of drug-likeness (QED) is 0.779. The maximum Gasteiger partial charge on any atom is 0.174 e. The number of nitrogens with one attached hydrogen (secondary N) is 1. The molecule has 0 bridgehead atoms. The molecule has 3 rings (SSSR count).